The molecule has 0 unspecified atom stereocenters. The smallest absolute Gasteiger partial charge is 0.127 e. The molecule has 1 aliphatic carbocycles. The van der Waals surface area contributed by atoms with Crippen LogP contribution in [0.4, 0.5) is 0 Å². The molecule has 0 fully saturated rings. The Labute approximate surface area is 122 Å². The number of halogens is 1. The van der Waals surface area contributed by atoms with Gasteiger partial charge in [0.1, 0.15) is 5.75 Å². The average Bonchev–Trinajstić information content (AvgIpc) is 2.33. The predicted molar refractivity (Wildman–Crippen MR) is 82.6 cm³/mol. The van der Waals surface area contributed by atoms with Gasteiger partial charge in [-0.05, 0) is 41.7 Å². The number of aryl methyl sites for hydroxylation is 1. The van der Waals surface area contributed by atoms with Crippen LogP contribution in [0.2, 0.25) is 0 Å². The van der Waals surface area contributed by atoms with Crippen molar-refractivity contribution in [3.05, 3.63) is 28.3 Å². The molecule has 0 saturated carbocycles. The number of hydrogen-bond acceptors (Lipinski definition) is 1. The second-order valence-electron chi connectivity index (χ2n) is 7.03. The molecule has 1 aliphatic rings. The number of alkyl halides is 1. The SMILES string of the molecule is COc1c(CCl)c(C)cc2c1C(C)(C)CCC2(C)C. The Morgan fingerprint density at radius 1 is 1.16 bits per heavy atom. The van der Waals surface area contributed by atoms with E-state index in [0.29, 0.717) is 5.88 Å². The van der Waals surface area contributed by atoms with Gasteiger partial charge in [-0.25, -0.2) is 0 Å². The van der Waals surface area contributed by atoms with E-state index in [-0.39, 0.29) is 10.8 Å². The molecule has 1 nitrogen and oxygen atoms in total. The average molecular weight is 281 g/mol. The fourth-order valence-electron chi connectivity index (χ4n) is 3.31. The van der Waals surface area contributed by atoms with Crippen LogP contribution >= 0.6 is 11.6 Å². The van der Waals surface area contributed by atoms with Crippen molar-refractivity contribution in [1.29, 1.82) is 0 Å². The standard InChI is InChI=1S/C17H25ClO/c1-11-9-13-14(15(19-6)12(11)10-18)17(4,5)8-7-16(13,2)3/h9H,7-8,10H2,1-6H3. The van der Waals surface area contributed by atoms with Gasteiger partial charge in [0.15, 0.2) is 0 Å². The van der Waals surface area contributed by atoms with Crippen molar-refractivity contribution in [3.63, 3.8) is 0 Å². The highest BCUT2D eigenvalue weighted by atomic mass is 35.5. The van der Waals surface area contributed by atoms with E-state index in [1.165, 1.54) is 29.5 Å². The second-order valence-corrected chi connectivity index (χ2v) is 7.30. The summed E-state index contributed by atoms with van der Waals surface area (Å²) < 4.78 is 5.76. The summed E-state index contributed by atoms with van der Waals surface area (Å²) in [5.74, 6) is 1.53. The van der Waals surface area contributed by atoms with Gasteiger partial charge in [-0.1, -0.05) is 33.8 Å². The first kappa shape index (κ1) is 14.7. The largest absolute Gasteiger partial charge is 0.496 e. The molecule has 0 bridgehead atoms. The van der Waals surface area contributed by atoms with Crippen molar-refractivity contribution in [2.24, 2.45) is 0 Å². The fraction of sp³-hybridized carbons (Fsp3) is 0.647. The molecule has 1 aromatic carbocycles. The lowest BCUT2D eigenvalue weighted by molar-refractivity contribution is 0.311. The van der Waals surface area contributed by atoms with Crippen molar-refractivity contribution >= 4 is 11.6 Å². The molecule has 0 spiro atoms. The summed E-state index contributed by atoms with van der Waals surface area (Å²) in [7, 11) is 1.77. The van der Waals surface area contributed by atoms with Crippen molar-refractivity contribution in [3.8, 4) is 5.75 Å². The molecular weight excluding hydrogens is 256 g/mol. The Hall–Kier alpha value is -0.690. The molecular formula is C17H25ClO. The molecule has 0 aliphatic heterocycles. The third-order valence-corrected chi connectivity index (χ3v) is 4.99. The van der Waals surface area contributed by atoms with Crippen molar-refractivity contribution in [1.82, 2.24) is 0 Å². The number of hydrogen-bond donors (Lipinski definition) is 0. The highest BCUT2D eigenvalue weighted by Gasteiger charge is 2.40. The molecule has 0 aromatic heterocycles. The van der Waals surface area contributed by atoms with Gasteiger partial charge < -0.3 is 4.74 Å². The molecule has 0 radical (unpaired) electrons. The molecule has 0 saturated heterocycles. The number of ether oxygens (including phenoxy) is 1. The summed E-state index contributed by atoms with van der Waals surface area (Å²) >= 11 is 6.14. The zero-order valence-corrected chi connectivity index (χ0v) is 13.7. The number of benzene rings is 1. The number of fused-ring (bicyclic) bond motifs is 1. The molecule has 2 heteroatoms. The van der Waals surface area contributed by atoms with Crippen molar-refractivity contribution < 1.29 is 4.74 Å². The first-order valence-electron chi connectivity index (χ1n) is 7.02. The van der Waals surface area contributed by atoms with Crippen molar-refractivity contribution in [2.75, 3.05) is 7.11 Å². The van der Waals surface area contributed by atoms with Gasteiger partial charge in [0.2, 0.25) is 0 Å². The van der Waals surface area contributed by atoms with Crippen LogP contribution in [0.3, 0.4) is 0 Å². The van der Waals surface area contributed by atoms with Crippen LogP contribution in [-0.4, -0.2) is 7.11 Å². The van der Waals surface area contributed by atoms with Crippen LogP contribution in [0.25, 0.3) is 0 Å². The van der Waals surface area contributed by atoms with E-state index in [1.807, 2.05) is 0 Å². The minimum absolute atomic E-state index is 0.157. The van der Waals surface area contributed by atoms with Gasteiger partial charge in [-0.15, -0.1) is 11.6 Å². The molecule has 1 aromatic rings. The monoisotopic (exact) mass is 280 g/mol. The quantitative estimate of drug-likeness (QED) is 0.686. The highest BCUT2D eigenvalue weighted by Crippen LogP contribution is 2.51. The van der Waals surface area contributed by atoms with Gasteiger partial charge in [0.25, 0.3) is 0 Å². The minimum atomic E-state index is 0.157. The highest BCUT2D eigenvalue weighted by molar-refractivity contribution is 6.17. The molecule has 0 N–H and O–H groups in total. The normalized spacial score (nSPS) is 19.9. The van der Waals surface area contributed by atoms with E-state index in [4.69, 9.17) is 16.3 Å². The van der Waals surface area contributed by atoms with Gasteiger partial charge in [0, 0.05) is 11.1 Å². The lowest BCUT2D eigenvalue weighted by atomic mass is 9.62. The van der Waals surface area contributed by atoms with Gasteiger partial charge in [-0.2, -0.15) is 0 Å². The van der Waals surface area contributed by atoms with E-state index in [0.717, 1.165) is 11.3 Å². The van der Waals surface area contributed by atoms with Crippen molar-refractivity contribution in [2.45, 2.75) is 64.2 Å². The third kappa shape index (κ3) is 2.27. The first-order valence-corrected chi connectivity index (χ1v) is 7.55. The van der Waals surface area contributed by atoms with E-state index in [2.05, 4.69) is 40.7 Å². The Morgan fingerprint density at radius 2 is 1.74 bits per heavy atom. The second kappa shape index (κ2) is 4.70. The van der Waals surface area contributed by atoms with Crippen LogP contribution in [0.1, 0.15) is 62.8 Å². The van der Waals surface area contributed by atoms with Gasteiger partial charge in [-0.3, -0.25) is 0 Å². The van der Waals surface area contributed by atoms with Gasteiger partial charge >= 0.3 is 0 Å². The predicted octanol–water partition coefficient (Wildman–Crippen LogP) is 5.09. The van der Waals surface area contributed by atoms with E-state index in [9.17, 15) is 0 Å². The zero-order chi connectivity index (χ0) is 14.4. The molecule has 0 amide bonds. The van der Waals surface area contributed by atoms with Gasteiger partial charge in [0.05, 0.1) is 13.0 Å². The van der Waals surface area contributed by atoms with Crippen LogP contribution in [0.5, 0.6) is 5.75 Å². The summed E-state index contributed by atoms with van der Waals surface area (Å²) in [6, 6.07) is 2.33. The number of methoxy groups -OCH3 is 1. The Kier molecular flexibility index (Phi) is 3.64. The maximum Gasteiger partial charge on any atom is 0.127 e. The Morgan fingerprint density at radius 3 is 2.26 bits per heavy atom. The summed E-state index contributed by atoms with van der Waals surface area (Å²) in [5, 5.41) is 0. The Balaban J connectivity index is 2.83. The maximum atomic E-state index is 6.14. The van der Waals surface area contributed by atoms with E-state index >= 15 is 0 Å². The fourth-order valence-corrected chi connectivity index (χ4v) is 3.64. The lowest BCUT2D eigenvalue weighted by Gasteiger charge is -2.43. The Bertz CT molecular complexity index is 500. The van der Waals surface area contributed by atoms with Crippen LogP contribution in [0, 0.1) is 6.92 Å². The molecule has 0 heterocycles. The molecule has 106 valence electrons. The van der Waals surface area contributed by atoms with Crippen LogP contribution < -0.4 is 4.74 Å². The van der Waals surface area contributed by atoms with E-state index in [1.54, 1.807) is 7.11 Å². The summed E-state index contributed by atoms with van der Waals surface area (Å²) in [6.07, 6.45) is 2.41. The molecule has 0 atom stereocenters. The molecule has 19 heavy (non-hydrogen) atoms. The number of rotatable bonds is 2. The van der Waals surface area contributed by atoms with E-state index < -0.39 is 0 Å². The topological polar surface area (TPSA) is 9.23 Å². The maximum absolute atomic E-state index is 6.14. The summed E-state index contributed by atoms with van der Waals surface area (Å²) in [6.45, 7) is 11.4. The lowest BCUT2D eigenvalue weighted by Crippen LogP contribution is -2.34. The van der Waals surface area contributed by atoms with Crippen LogP contribution in [0.15, 0.2) is 6.07 Å². The molecule has 2 rings (SSSR count). The third-order valence-electron chi connectivity index (χ3n) is 4.73. The summed E-state index contributed by atoms with van der Waals surface area (Å²) in [4.78, 5) is 0. The first-order chi connectivity index (χ1) is 8.74. The minimum Gasteiger partial charge on any atom is -0.496 e. The summed E-state index contributed by atoms with van der Waals surface area (Å²) in [5.41, 5.74) is 5.57. The zero-order valence-electron chi connectivity index (χ0n) is 13.0. The van der Waals surface area contributed by atoms with Crippen LogP contribution in [-0.2, 0) is 16.7 Å².